The normalized spacial score (nSPS) is 14.8. The molecular weight excluding hydrogens is 509 g/mol. The summed E-state index contributed by atoms with van der Waals surface area (Å²) in [4.78, 5) is 13.8. The van der Waals surface area contributed by atoms with E-state index in [1.165, 1.54) is 17.8 Å². The molecule has 0 atom stereocenters. The molecule has 1 N–H and O–H groups in total. The van der Waals surface area contributed by atoms with E-state index in [0.29, 0.717) is 16.5 Å². The molecule has 12 heteroatoms. The first-order valence-corrected chi connectivity index (χ1v) is 12.9. The number of aromatic nitrogens is 3. The van der Waals surface area contributed by atoms with Gasteiger partial charge in [-0.3, -0.25) is 9.47 Å². The van der Waals surface area contributed by atoms with Crippen LogP contribution in [-0.4, -0.2) is 69.5 Å². The van der Waals surface area contributed by atoms with Crippen LogP contribution in [0.2, 0.25) is 0 Å². The number of benzene rings is 2. The van der Waals surface area contributed by atoms with Crippen molar-refractivity contribution in [3.63, 3.8) is 0 Å². The number of carbonyl (C=O) groups is 1. The number of morpholine rings is 1. The number of hydrogen-bond donors (Lipinski definition) is 1. The largest absolute Gasteiger partial charge is 0.507 e. The zero-order valence-corrected chi connectivity index (χ0v) is 21.4. The van der Waals surface area contributed by atoms with E-state index >= 15 is 0 Å². The molecule has 198 valence electrons. The van der Waals surface area contributed by atoms with Crippen molar-refractivity contribution in [1.82, 2.24) is 19.7 Å². The van der Waals surface area contributed by atoms with E-state index in [1.807, 2.05) is 30.5 Å². The molecule has 0 unspecified atom stereocenters. The number of carbonyl (C=O) groups excluding carboxylic acids is 1. The highest BCUT2D eigenvalue weighted by Gasteiger charge is 2.42. The highest BCUT2D eigenvalue weighted by atomic mass is 32.2. The summed E-state index contributed by atoms with van der Waals surface area (Å²) in [5, 5.41) is 19.8. The van der Waals surface area contributed by atoms with Crippen molar-refractivity contribution in [3.8, 4) is 28.6 Å². The predicted molar refractivity (Wildman–Crippen MR) is 132 cm³/mol. The summed E-state index contributed by atoms with van der Waals surface area (Å²) in [5.41, 5.74) is 2.45. The third-order valence-corrected chi connectivity index (χ3v) is 6.57. The number of aromatic hydroxyl groups is 1. The second kappa shape index (κ2) is 11.1. The molecule has 1 saturated heterocycles. The molecule has 4 rings (SSSR count). The minimum Gasteiger partial charge on any atom is -0.507 e. The number of ether oxygens (including phenoxy) is 2. The van der Waals surface area contributed by atoms with Gasteiger partial charge in [0.05, 0.1) is 18.8 Å². The Morgan fingerprint density at radius 2 is 1.84 bits per heavy atom. The van der Waals surface area contributed by atoms with Gasteiger partial charge in [0.15, 0.2) is 11.0 Å². The van der Waals surface area contributed by atoms with Crippen molar-refractivity contribution in [2.75, 3.05) is 32.6 Å². The van der Waals surface area contributed by atoms with E-state index in [4.69, 9.17) is 4.74 Å². The number of esters is 1. The van der Waals surface area contributed by atoms with Crippen molar-refractivity contribution >= 4 is 17.7 Å². The van der Waals surface area contributed by atoms with Gasteiger partial charge in [-0.2, -0.15) is 13.2 Å². The van der Waals surface area contributed by atoms with Gasteiger partial charge in [-0.1, -0.05) is 37.7 Å². The Hall–Kier alpha value is -3.09. The zero-order chi connectivity index (χ0) is 26.7. The Morgan fingerprint density at radius 3 is 2.43 bits per heavy atom. The summed E-state index contributed by atoms with van der Waals surface area (Å²) >= 11 is 1.36. The second-order valence-corrected chi connectivity index (χ2v) is 9.62. The molecule has 2 heterocycles. The Bertz CT molecular complexity index is 1260. The van der Waals surface area contributed by atoms with Crippen molar-refractivity contribution in [2.24, 2.45) is 0 Å². The van der Waals surface area contributed by atoms with Crippen molar-refractivity contribution in [3.05, 3.63) is 47.5 Å². The maximum absolute atomic E-state index is 12.8. The van der Waals surface area contributed by atoms with Crippen LogP contribution < -0.4 is 4.74 Å². The van der Waals surface area contributed by atoms with Gasteiger partial charge >= 0.3 is 12.1 Å². The van der Waals surface area contributed by atoms with E-state index in [1.54, 1.807) is 18.4 Å². The van der Waals surface area contributed by atoms with E-state index < -0.39 is 12.1 Å². The quantitative estimate of drug-likeness (QED) is 0.262. The average molecular weight is 537 g/mol. The average Bonchev–Trinajstić information content (AvgIpc) is 3.28. The number of phenolic OH excluding ortho intramolecular Hbond substituents is 1. The van der Waals surface area contributed by atoms with Crippen LogP contribution in [0.15, 0.2) is 41.6 Å². The smallest absolute Gasteiger partial charge is 0.491 e. The van der Waals surface area contributed by atoms with Gasteiger partial charge in [0.25, 0.3) is 0 Å². The minimum absolute atomic E-state index is 0.251. The summed E-state index contributed by atoms with van der Waals surface area (Å²) in [5.74, 6) is -3.11. The predicted octanol–water partition coefficient (Wildman–Crippen LogP) is 4.79. The molecule has 1 fully saturated rings. The number of alkyl halides is 3. The zero-order valence-electron chi connectivity index (χ0n) is 20.6. The van der Waals surface area contributed by atoms with Crippen molar-refractivity contribution < 1.29 is 32.5 Å². The van der Waals surface area contributed by atoms with Gasteiger partial charge in [-0.15, -0.1) is 10.2 Å². The van der Waals surface area contributed by atoms with E-state index in [0.717, 1.165) is 50.2 Å². The van der Waals surface area contributed by atoms with Crippen LogP contribution in [0.25, 0.3) is 17.1 Å². The molecule has 2 aromatic carbocycles. The van der Waals surface area contributed by atoms with Crippen LogP contribution in [0.1, 0.15) is 30.9 Å². The van der Waals surface area contributed by atoms with Crippen LogP contribution in [0.3, 0.4) is 0 Å². The lowest BCUT2D eigenvalue weighted by atomic mass is 9.98. The molecule has 1 aromatic heterocycles. The molecule has 0 radical (unpaired) electrons. The maximum atomic E-state index is 12.8. The minimum atomic E-state index is -5.16. The maximum Gasteiger partial charge on any atom is 0.491 e. The topological polar surface area (TPSA) is 89.7 Å². The van der Waals surface area contributed by atoms with Crippen LogP contribution in [0.5, 0.6) is 11.5 Å². The standard InChI is InChI=1S/C25H27F3N4O4S/c1-15(2)18-12-19(20(33)13-21(18)36-23(34)25(26,27)28)22-29-30-24(37-3)32(22)17-6-4-16(5-7-17)14-31-8-10-35-11-9-31/h4-7,12-13,15,33H,8-11,14H2,1-3H3. The fraction of sp³-hybridized carbons (Fsp3) is 0.400. The van der Waals surface area contributed by atoms with E-state index in [2.05, 4.69) is 19.8 Å². The fourth-order valence-corrected chi connectivity index (χ4v) is 4.54. The summed E-state index contributed by atoms with van der Waals surface area (Å²) in [6, 6.07) is 10.4. The first-order chi connectivity index (χ1) is 17.6. The molecule has 8 nitrogen and oxygen atoms in total. The van der Waals surface area contributed by atoms with Crippen LogP contribution in [0, 0.1) is 0 Å². The Balaban J connectivity index is 1.70. The molecule has 1 aliphatic rings. The van der Waals surface area contributed by atoms with Crippen LogP contribution >= 0.6 is 11.8 Å². The highest BCUT2D eigenvalue weighted by molar-refractivity contribution is 7.98. The molecule has 37 heavy (non-hydrogen) atoms. The molecule has 3 aromatic rings. The number of phenols is 1. The Labute approximate surface area is 216 Å². The molecule has 0 amide bonds. The van der Waals surface area contributed by atoms with Gasteiger partial charge in [0.2, 0.25) is 0 Å². The van der Waals surface area contributed by atoms with Gasteiger partial charge in [-0.05, 0) is 41.5 Å². The summed E-state index contributed by atoms with van der Waals surface area (Å²) < 4.78 is 50.1. The number of thioether (sulfide) groups is 1. The van der Waals surface area contributed by atoms with Gasteiger partial charge < -0.3 is 14.6 Å². The van der Waals surface area contributed by atoms with E-state index in [-0.39, 0.29) is 23.0 Å². The highest BCUT2D eigenvalue weighted by Crippen LogP contribution is 2.40. The summed E-state index contributed by atoms with van der Waals surface area (Å²) in [7, 11) is 0. The van der Waals surface area contributed by atoms with Gasteiger partial charge in [0.1, 0.15) is 11.5 Å². The van der Waals surface area contributed by atoms with Crippen LogP contribution in [-0.2, 0) is 16.1 Å². The number of nitrogens with zero attached hydrogens (tertiary/aromatic N) is 4. The van der Waals surface area contributed by atoms with Crippen molar-refractivity contribution in [2.45, 2.75) is 37.6 Å². The second-order valence-electron chi connectivity index (χ2n) is 8.85. The van der Waals surface area contributed by atoms with E-state index in [9.17, 15) is 23.1 Å². The molecule has 0 bridgehead atoms. The molecule has 1 aliphatic heterocycles. The number of halogens is 3. The molecular formula is C25H27F3N4O4S. The molecule has 0 spiro atoms. The lowest BCUT2D eigenvalue weighted by Gasteiger charge is -2.26. The number of hydrogen-bond acceptors (Lipinski definition) is 8. The molecule has 0 saturated carbocycles. The summed E-state index contributed by atoms with van der Waals surface area (Å²) in [6.45, 7) is 7.47. The number of rotatable bonds is 7. The first-order valence-electron chi connectivity index (χ1n) is 11.6. The van der Waals surface area contributed by atoms with Crippen molar-refractivity contribution in [1.29, 1.82) is 0 Å². The Kier molecular flexibility index (Phi) is 8.10. The van der Waals surface area contributed by atoms with Gasteiger partial charge in [0, 0.05) is 31.4 Å². The lowest BCUT2D eigenvalue weighted by Crippen LogP contribution is -2.35. The van der Waals surface area contributed by atoms with Gasteiger partial charge in [-0.25, -0.2) is 4.79 Å². The third-order valence-electron chi connectivity index (χ3n) is 5.95. The monoisotopic (exact) mass is 536 g/mol. The Morgan fingerprint density at radius 1 is 1.16 bits per heavy atom. The molecule has 0 aliphatic carbocycles. The summed E-state index contributed by atoms with van der Waals surface area (Å²) in [6.07, 6.45) is -3.32. The third kappa shape index (κ3) is 6.08. The SMILES string of the molecule is CSc1nnc(-c2cc(C(C)C)c(OC(=O)C(F)(F)F)cc2O)n1-c1ccc(CN2CCOCC2)cc1. The first kappa shape index (κ1) is 27.0. The fourth-order valence-electron chi connectivity index (χ4n) is 4.04. The lowest BCUT2D eigenvalue weighted by molar-refractivity contribution is -0.189. The van der Waals surface area contributed by atoms with Crippen LogP contribution in [0.4, 0.5) is 13.2 Å².